The molecule has 9 nitrogen and oxygen atoms in total. The fourth-order valence-corrected chi connectivity index (χ4v) is 3.74. The molecule has 1 heterocycles. The predicted octanol–water partition coefficient (Wildman–Crippen LogP) is 4.50. The summed E-state index contributed by atoms with van der Waals surface area (Å²) in [5.41, 5.74) is 8.76. The number of hydrogen-bond acceptors (Lipinski definition) is 7. The highest BCUT2D eigenvalue weighted by atomic mass is 16.4. The molecular formula is C28H34N6O3. The summed E-state index contributed by atoms with van der Waals surface area (Å²) in [4.78, 5) is 29.1. The van der Waals surface area contributed by atoms with E-state index in [2.05, 4.69) is 58.5 Å². The average molecular weight is 503 g/mol. The number of hydrazone groups is 2. The summed E-state index contributed by atoms with van der Waals surface area (Å²) in [6.45, 7) is 12.2. The molecule has 0 bridgehead atoms. The SMILES string of the molecule is CCN(CC)c1ccc(C=NNC(=O)c2ccc(C(=O)NN=Cc3ccc(N(CC)CC)cc3)o2)cc1. The van der Waals surface area contributed by atoms with Crippen LogP contribution in [0.4, 0.5) is 11.4 Å². The van der Waals surface area contributed by atoms with Crippen LogP contribution in [0.1, 0.15) is 59.9 Å². The van der Waals surface area contributed by atoms with Gasteiger partial charge < -0.3 is 14.2 Å². The zero-order chi connectivity index (χ0) is 26.6. The highest BCUT2D eigenvalue weighted by Crippen LogP contribution is 2.15. The van der Waals surface area contributed by atoms with Gasteiger partial charge in [0.1, 0.15) is 0 Å². The zero-order valence-corrected chi connectivity index (χ0v) is 21.8. The molecule has 0 atom stereocenters. The summed E-state index contributed by atoms with van der Waals surface area (Å²) in [7, 11) is 0. The summed E-state index contributed by atoms with van der Waals surface area (Å²) in [6.07, 6.45) is 3.09. The smallest absolute Gasteiger partial charge is 0.307 e. The van der Waals surface area contributed by atoms with Crippen molar-refractivity contribution in [2.45, 2.75) is 27.7 Å². The van der Waals surface area contributed by atoms with Crippen molar-refractivity contribution >= 4 is 35.6 Å². The normalized spacial score (nSPS) is 11.1. The number of nitrogens with zero attached hydrogens (tertiary/aromatic N) is 4. The van der Waals surface area contributed by atoms with Gasteiger partial charge >= 0.3 is 11.8 Å². The Balaban J connectivity index is 1.50. The molecule has 1 aromatic heterocycles. The van der Waals surface area contributed by atoms with Crippen molar-refractivity contribution in [3.05, 3.63) is 83.3 Å². The van der Waals surface area contributed by atoms with Gasteiger partial charge in [0.25, 0.3) is 0 Å². The van der Waals surface area contributed by atoms with E-state index in [9.17, 15) is 9.59 Å². The highest BCUT2D eigenvalue weighted by molar-refractivity contribution is 5.96. The minimum Gasteiger partial charge on any atom is -0.446 e. The first kappa shape index (κ1) is 27.2. The maximum Gasteiger partial charge on any atom is 0.307 e. The Bertz CT molecular complexity index is 1110. The molecule has 0 fully saturated rings. The molecule has 0 radical (unpaired) electrons. The molecule has 0 saturated carbocycles. The second-order valence-corrected chi connectivity index (χ2v) is 8.09. The van der Waals surface area contributed by atoms with E-state index in [0.717, 1.165) is 48.7 Å². The number of benzene rings is 2. The maximum absolute atomic E-state index is 12.3. The summed E-state index contributed by atoms with van der Waals surface area (Å²) in [6, 6.07) is 18.6. The van der Waals surface area contributed by atoms with Crippen molar-refractivity contribution in [2.24, 2.45) is 10.2 Å². The second-order valence-electron chi connectivity index (χ2n) is 8.09. The van der Waals surface area contributed by atoms with E-state index in [1.807, 2.05) is 48.5 Å². The third-order valence-corrected chi connectivity index (χ3v) is 5.86. The van der Waals surface area contributed by atoms with Crippen molar-refractivity contribution in [1.29, 1.82) is 0 Å². The number of hydrogen-bond donors (Lipinski definition) is 2. The van der Waals surface area contributed by atoms with Gasteiger partial charge in [0.05, 0.1) is 12.4 Å². The monoisotopic (exact) mass is 502 g/mol. The number of rotatable bonds is 12. The number of anilines is 2. The first-order chi connectivity index (χ1) is 18.0. The van der Waals surface area contributed by atoms with Crippen molar-refractivity contribution in [2.75, 3.05) is 36.0 Å². The van der Waals surface area contributed by atoms with Gasteiger partial charge in [-0.2, -0.15) is 10.2 Å². The van der Waals surface area contributed by atoms with Crippen LogP contribution in [0.5, 0.6) is 0 Å². The minimum absolute atomic E-state index is 0.0323. The quantitative estimate of drug-likeness (QED) is 0.280. The number of furan rings is 1. The Labute approximate surface area is 217 Å². The van der Waals surface area contributed by atoms with Crippen molar-refractivity contribution in [3.63, 3.8) is 0 Å². The fraction of sp³-hybridized carbons (Fsp3) is 0.286. The van der Waals surface area contributed by atoms with E-state index in [-0.39, 0.29) is 11.5 Å². The van der Waals surface area contributed by atoms with Crippen LogP contribution in [-0.2, 0) is 0 Å². The Hall–Kier alpha value is -4.40. The predicted molar refractivity (Wildman–Crippen MR) is 149 cm³/mol. The fourth-order valence-electron chi connectivity index (χ4n) is 3.74. The summed E-state index contributed by atoms with van der Waals surface area (Å²) < 4.78 is 5.36. The Kier molecular flexibility index (Phi) is 10.0. The molecule has 0 saturated heterocycles. The molecule has 0 aliphatic heterocycles. The van der Waals surface area contributed by atoms with Gasteiger partial charge in [0.15, 0.2) is 11.5 Å². The van der Waals surface area contributed by atoms with Gasteiger partial charge in [-0.25, -0.2) is 10.9 Å². The maximum atomic E-state index is 12.3. The molecule has 9 heteroatoms. The highest BCUT2D eigenvalue weighted by Gasteiger charge is 2.15. The third kappa shape index (κ3) is 7.54. The van der Waals surface area contributed by atoms with Crippen LogP contribution in [0, 0.1) is 0 Å². The molecular weight excluding hydrogens is 468 g/mol. The van der Waals surface area contributed by atoms with Crippen LogP contribution in [0.25, 0.3) is 0 Å². The molecule has 2 aromatic carbocycles. The number of nitrogens with one attached hydrogen (secondary N) is 2. The molecule has 2 amide bonds. The molecule has 37 heavy (non-hydrogen) atoms. The van der Waals surface area contributed by atoms with Crippen molar-refractivity contribution in [1.82, 2.24) is 10.9 Å². The van der Waals surface area contributed by atoms with Crippen LogP contribution in [-0.4, -0.2) is 50.4 Å². The topological polar surface area (TPSA) is 103 Å². The van der Waals surface area contributed by atoms with E-state index in [1.165, 1.54) is 12.1 Å². The Morgan fingerprint density at radius 2 is 1.00 bits per heavy atom. The van der Waals surface area contributed by atoms with Gasteiger partial charge in [-0.1, -0.05) is 24.3 Å². The van der Waals surface area contributed by atoms with Gasteiger partial charge in [0.2, 0.25) is 0 Å². The van der Waals surface area contributed by atoms with E-state index in [1.54, 1.807) is 12.4 Å². The van der Waals surface area contributed by atoms with E-state index in [4.69, 9.17) is 4.42 Å². The number of carbonyl (C=O) groups excluding carboxylic acids is 2. The van der Waals surface area contributed by atoms with E-state index in [0.29, 0.717) is 0 Å². The third-order valence-electron chi connectivity index (χ3n) is 5.86. The number of amides is 2. The summed E-state index contributed by atoms with van der Waals surface area (Å²) in [5.74, 6) is -1.19. The van der Waals surface area contributed by atoms with Crippen LogP contribution >= 0.6 is 0 Å². The second kappa shape index (κ2) is 13.6. The molecule has 3 aromatic rings. The largest absolute Gasteiger partial charge is 0.446 e. The number of carbonyl (C=O) groups is 2. The van der Waals surface area contributed by atoms with Gasteiger partial charge in [-0.05, 0) is 75.2 Å². The van der Waals surface area contributed by atoms with E-state index < -0.39 is 11.8 Å². The lowest BCUT2D eigenvalue weighted by molar-refractivity contribution is 0.0902. The first-order valence-electron chi connectivity index (χ1n) is 12.5. The Morgan fingerprint density at radius 3 is 1.32 bits per heavy atom. The molecule has 0 aliphatic rings. The molecule has 194 valence electrons. The Morgan fingerprint density at radius 1 is 0.649 bits per heavy atom. The van der Waals surface area contributed by atoms with Crippen molar-refractivity contribution in [3.8, 4) is 0 Å². The zero-order valence-electron chi connectivity index (χ0n) is 21.8. The van der Waals surface area contributed by atoms with Gasteiger partial charge in [0, 0.05) is 37.6 Å². The lowest BCUT2D eigenvalue weighted by Crippen LogP contribution is -2.21. The first-order valence-corrected chi connectivity index (χ1v) is 12.5. The van der Waals surface area contributed by atoms with Crippen molar-refractivity contribution < 1.29 is 14.0 Å². The van der Waals surface area contributed by atoms with Crippen LogP contribution in [0.3, 0.4) is 0 Å². The summed E-state index contributed by atoms with van der Waals surface area (Å²) >= 11 is 0. The molecule has 0 unspecified atom stereocenters. The summed E-state index contributed by atoms with van der Waals surface area (Å²) in [5, 5.41) is 7.95. The molecule has 0 spiro atoms. The molecule has 0 aliphatic carbocycles. The molecule has 3 rings (SSSR count). The lowest BCUT2D eigenvalue weighted by Gasteiger charge is -2.20. The minimum atomic E-state index is -0.563. The van der Waals surface area contributed by atoms with Crippen LogP contribution < -0.4 is 20.7 Å². The average Bonchev–Trinajstić information content (AvgIpc) is 3.42. The van der Waals surface area contributed by atoms with Gasteiger partial charge in [-0.3, -0.25) is 9.59 Å². The standard InChI is InChI=1S/C28H34N6O3/c1-5-33(6-2)23-13-9-21(10-14-23)19-29-31-27(35)25-17-18-26(37-25)28(36)32-30-20-22-11-15-24(16-12-22)34(7-3)8-4/h9-20H,5-8H2,1-4H3,(H,31,35)(H,32,36). The lowest BCUT2D eigenvalue weighted by atomic mass is 10.2. The van der Waals surface area contributed by atoms with Crippen LogP contribution in [0.15, 0.2) is 75.3 Å². The van der Waals surface area contributed by atoms with Gasteiger partial charge in [-0.15, -0.1) is 0 Å². The van der Waals surface area contributed by atoms with Crippen LogP contribution in [0.2, 0.25) is 0 Å². The molecule has 2 N–H and O–H groups in total. The van der Waals surface area contributed by atoms with E-state index >= 15 is 0 Å².